The summed E-state index contributed by atoms with van der Waals surface area (Å²) in [6.07, 6.45) is 2.32. The molecule has 7 heteroatoms. The molecule has 0 amide bonds. The van der Waals surface area contributed by atoms with E-state index in [1.54, 1.807) is 6.07 Å². The van der Waals surface area contributed by atoms with E-state index >= 15 is 0 Å². The summed E-state index contributed by atoms with van der Waals surface area (Å²) >= 11 is 0. The molecule has 2 aliphatic rings. The second-order valence-electron chi connectivity index (χ2n) is 6.33. The van der Waals surface area contributed by atoms with Crippen LogP contribution >= 0.6 is 24.0 Å². The van der Waals surface area contributed by atoms with Gasteiger partial charge >= 0.3 is 0 Å². The highest BCUT2D eigenvalue weighted by molar-refractivity contribution is 14.0. The van der Waals surface area contributed by atoms with Crippen LogP contribution in [0.3, 0.4) is 0 Å². The van der Waals surface area contributed by atoms with Gasteiger partial charge in [0.1, 0.15) is 5.82 Å². The van der Waals surface area contributed by atoms with Crippen molar-refractivity contribution in [2.75, 3.05) is 37.6 Å². The molecular formula is C17H27FIN5. The number of nitrogens with zero attached hydrogens (tertiary/aromatic N) is 3. The first-order valence-electron chi connectivity index (χ1n) is 8.48. The number of piperazine rings is 1. The first-order chi connectivity index (χ1) is 11.2. The van der Waals surface area contributed by atoms with Crippen LogP contribution < -0.4 is 16.0 Å². The van der Waals surface area contributed by atoms with Crippen LogP contribution in [-0.2, 0) is 6.54 Å². The van der Waals surface area contributed by atoms with E-state index in [-0.39, 0.29) is 29.8 Å². The second kappa shape index (κ2) is 8.84. The largest absolute Gasteiger partial charge is 0.370 e. The van der Waals surface area contributed by atoms with E-state index < -0.39 is 0 Å². The van der Waals surface area contributed by atoms with E-state index in [0.717, 1.165) is 51.1 Å². The Balaban J connectivity index is 0.00000208. The van der Waals surface area contributed by atoms with Crippen LogP contribution in [0.15, 0.2) is 23.2 Å². The third-order valence-corrected chi connectivity index (χ3v) is 4.53. The number of likely N-dealkylation sites (N-methyl/N-ethyl adjacent to an activating group) is 1. The van der Waals surface area contributed by atoms with Crippen molar-refractivity contribution in [1.29, 1.82) is 0 Å². The average Bonchev–Trinajstić information content (AvgIpc) is 3.37. The molecule has 0 atom stereocenters. The van der Waals surface area contributed by atoms with Gasteiger partial charge < -0.3 is 20.9 Å². The highest BCUT2D eigenvalue weighted by Gasteiger charge is 2.21. The standard InChI is InChI=1S/C17H26FN5.HI/c1-2-22-7-9-23(10-8-22)16-6-3-13(11-15(16)18)12-20-17(19)21-14-4-5-14;/h3,6,11,14H,2,4-5,7-10,12H2,1H3,(H3,19,20,21);1H. The summed E-state index contributed by atoms with van der Waals surface area (Å²) in [5.41, 5.74) is 7.34. The number of guanidine groups is 1. The lowest BCUT2D eigenvalue weighted by Crippen LogP contribution is -2.46. The summed E-state index contributed by atoms with van der Waals surface area (Å²) in [5, 5.41) is 3.13. The molecule has 0 aromatic heterocycles. The monoisotopic (exact) mass is 447 g/mol. The third kappa shape index (κ3) is 5.20. The minimum atomic E-state index is -0.170. The number of hydrogen-bond donors (Lipinski definition) is 2. The Labute approximate surface area is 160 Å². The Morgan fingerprint density at radius 2 is 2.00 bits per heavy atom. The molecule has 1 aliphatic heterocycles. The molecule has 24 heavy (non-hydrogen) atoms. The van der Waals surface area contributed by atoms with Crippen LogP contribution in [-0.4, -0.2) is 49.6 Å². The number of nitrogens with one attached hydrogen (secondary N) is 1. The van der Waals surface area contributed by atoms with Crippen molar-refractivity contribution in [3.63, 3.8) is 0 Å². The topological polar surface area (TPSA) is 56.9 Å². The lowest BCUT2D eigenvalue weighted by Gasteiger charge is -2.35. The van der Waals surface area contributed by atoms with Gasteiger partial charge in [0.25, 0.3) is 0 Å². The second-order valence-corrected chi connectivity index (χ2v) is 6.33. The highest BCUT2D eigenvalue weighted by atomic mass is 127. The third-order valence-electron chi connectivity index (χ3n) is 4.53. The predicted octanol–water partition coefficient (Wildman–Crippen LogP) is 2.15. The van der Waals surface area contributed by atoms with Gasteiger partial charge in [-0.05, 0) is 37.1 Å². The van der Waals surface area contributed by atoms with Gasteiger partial charge in [0, 0.05) is 32.2 Å². The van der Waals surface area contributed by atoms with E-state index in [0.29, 0.717) is 24.2 Å². The van der Waals surface area contributed by atoms with Gasteiger partial charge in [-0.25, -0.2) is 9.38 Å². The van der Waals surface area contributed by atoms with Gasteiger partial charge in [-0.1, -0.05) is 13.0 Å². The van der Waals surface area contributed by atoms with Crippen molar-refractivity contribution < 1.29 is 4.39 Å². The molecule has 2 fully saturated rings. The zero-order valence-corrected chi connectivity index (χ0v) is 16.5. The predicted molar refractivity (Wildman–Crippen MR) is 108 cm³/mol. The molecule has 5 nitrogen and oxygen atoms in total. The van der Waals surface area contributed by atoms with Gasteiger partial charge in [-0.2, -0.15) is 0 Å². The molecule has 1 saturated carbocycles. The lowest BCUT2D eigenvalue weighted by molar-refractivity contribution is 0.270. The van der Waals surface area contributed by atoms with Crippen molar-refractivity contribution in [3.05, 3.63) is 29.6 Å². The maximum atomic E-state index is 14.4. The van der Waals surface area contributed by atoms with Crippen LogP contribution in [0, 0.1) is 5.82 Å². The molecule has 1 aromatic rings. The normalized spacial score (nSPS) is 19.1. The van der Waals surface area contributed by atoms with E-state index in [2.05, 4.69) is 27.0 Å². The fourth-order valence-electron chi connectivity index (χ4n) is 2.87. The summed E-state index contributed by atoms with van der Waals surface area (Å²) in [4.78, 5) is 8.78. The average molecular weight is 447 g/mol. The van der Waals surface area contributed by atoms with Crippen molar-refractivity contribution in [2.24, 2.45) is 10.7 Å². The van der Waals surface area contributed by atoms with Crippen LogP contribution in [0.5, 0.6) is 0 Å². The molecule has 1 aliphatic carbocycles. The van der Waals surface area contributed by atoms with Gasteiger partial charge in [0.2, 0.25) is 0 Å². The van der Waals surface area contributed by atoms with Crippen LogP contribution in [0.25, 0.3) is 0 Å². The van der Waals surface area contributed by atoms with E-state index in [1.807, 2.05) is 12.1 Å². The quantitative estimate of drug-likeness (QED) is 0.413. The molecule has 3 rings (SSSR count). The summed E-state index contributed by atoms with van der Waals surface area (Å²) in [7, 11) is 0. The Morgan fingerprint density at radius 3 is 2.58 bits per heavy atom. The molecule has 1 aromatic carbocycles. The number of benzene rings is 1. The maximum Gasteiger partial charge on any atom is 0.189 e. The lowest BCUT2D eigenvalue weighted by atomic mass is 10.1. The molecule has 3 N–H and O–H groups in total. The number of nitrogens with two attached hydrogens (primary N) is 1. The van der Waals surface area contributed by atoms with E-state index in [4.69, 9.17) is 5.73 Å². The molecule has 0 bridgehead atoms. The van der Waals surface area contributed by atoms with Crippen molar-refractivity contribution in [2.45, 2.75) is 32.4 Å². The fraction of sp³-hybridized carbons (Fsp3) is 0.588. The molecule has 1 heterocycles. The van der Waals surface area contributed by atoms with E-state index in [9.17, 15) is 4.39 Å². The number of halogens is 2. The fourth-order valence-corrected chi connectivity index (χ4v) is 2.87. The van der Waals surface area contributed by atoms with Crippen LogP contribution in [0.2, 0.25) is 0 Å². The van der Waals surface area contributed by atoms with Crippen molar-refractivity contribution in [1.82, 2.24) is 10.2 Å². The van der Waals surface area contributed by atoms with Gasteiger partial charge in [0.05, 0.1) is 12.2 Å². The number of aliphatic imine (C=N–C) groups is 1. The molecule has 0 radical (unpaired) electrons. The van der Waals surface area contributed by atoms with Gasteiger partial charge in [-0.3, -0.25) is 0 Å². The van der Waals surface area contributed by atoms with Crippen molar-refractivity contribution >= 4 is 35.6 Å². The van der Waals surface area contributed by atoms with E-state index in [1.165, 1.54) is 0 Å². The zero-order valence-electron chi connectivity index (χ0n) is 14.2. The number of rotatable bonds is 5. The Kier molecular flexibility index (Phi) is 7.09. The minimum absolute atomic E-state index is 0. The number of anilines is 1. The number of hydrogen-bond acceptors (Lipinski definition) is 3. The molecule has 134 valence electrons. The smallest absolute Gasteiger partial charge is 0.189 e. The Hall–Kier alpha value is -1.09. The molecule has 1 saturated heterocycles. The maximum absolute atomic E-state index is 14.4. The minimum Gasteiger partial charge on any atom is -0.370 e. The first-order valence-corrected chi connectivity index (χ1v) is 8.48. The van der Waals surface area contributed by atoms with Gasteiger partial charge in [0.15, 0.2) is 5.96 Å². The van der Waals surface area contributed by atoms with Crippen LogP contribution in [0.4, 0.5) is 10.1 Å². The van der Waals surface area contributed by atoms with Crippen LogP contribution in [0.1, 0.15) is 25.3 Å². The summed E-state index contributed by atoms with van der Waals surface area (Å²) in [6.45, 7) is 7.36. The summed E-state index contributed by atoms with van der Waals surface area (Å²) in [6, 6.07) is 5.87. The summed E-state index contributed by atoms with van der Waals surface area (Å²) in [5.74, 6) is 0.282. The zero-order chi connectivity index (χ0) is 16.2. The SMILES string of the molecule is CCN1CCN(c2ccc(CN=C(N)NC3CC3)cc2F)CC1.I. The Bertz CT molecular complexity index is 568. The Morgan fingerprint density at radius 1 is 1.29 bits per heavy atom. The summed E-state index contributed by atoms with van der Waals surface area (Å²) < 4.78 is 14.4. The molecule has 0 spiro atoms. The highest BCUT2D eigenvalue weighted by Crippen LogP contribution is 2.22. The van der Waals surface area contributed by atoms with Crippen molar-refractivity contribution in [3.8, 4) is 0 Å². The van der Waals surface area contributed by atoms with Gasteiger partial charge in [-0.15, -0.1) is 24.0 Å². The molecule has 0 unspecified atom stereocenters. The molecular weight excluding hydrogens is 420 g/mol. The first kappa shape index (κ1) is 19.2.